The third kappa shape index (κ3) is 3.66. The van der Waals surface area contributed by atoms with Crippen molar-refractivity contribution in [1.29, 1.82) is 0 Å². The van der Waals surface area contributed by atoms with Gasteiger partial charge in [-0.25, -0.2) is 0 Å². The minimum Gasteiger partial charge on any atom is -0.355 e. The Labute approximate surface area is 69.7 Å². The van der Waals surface area contributed by atoms with Crippen LogP contribution in [-0.2, 0) is 0 Å². The zero-order valence-electron chi connectivity index (χ0n) is 7.94. The molecule has 0 fully saturated rings. The van der Waals surface area contributed by atoms with Gasteiger partial charge in [-0.3, -0.25) is 0 Å². The van der Waals surface area contributed by atoms with Crippen LogP contribution in [0.1, 0.15) is 20.8 Å². The Morgan fingerprint density at radius 1 is 1.18 bits per heavy atom. The van der Waals surface area contributed by atoms with Crippen LogP contribution in [0.5, 0.6) is 0 Å². The molecule has 0 aromatic heterocycles. The third-order valence-corrected chi connectivity index (χ3v) is 1.66. The molecule has 0 aromatic carbocycles. The molecular weight excluding hydrogens is 134 g/mol. The van der Waals surface area contributed by atoms with E-state index >= 15 is 0 Å². The van der Waals surface area contributed by atoms with Crippen molar-refractivity contribution in [2.75, 3.05) is 7.05 Å². The van der Waals surface area contributed by atoms with Gasteiger partial charge in [-0.2, -0.15) is 0 Å². The lowest BCUT2D eigenvalue weighted by molar-refractivity contribution is 0.568. The molecule has 1 nitrogen and oxygen atoms in total. The zero-order chi connectivity index (χ0) is 9.02. The van der Waals surface area contributed by atoms with E-state index in [-0.39, 0.29) is 0 Å². The van der Waals surface area contributed by atoms with Gasteiger partial charge in [0.25, 0.3) is 0 Å². The van der Waals surface area contributed by atoms with Crippen molar-refractivity contribution < 1.29 is 0 Å². The number of hydrogen-bond acceptors (Lipinski definition) is 1. The largest absolute Gasteiger partial charge is 0.355 e. The maximum Gasteiger partial charge on any atom is 0.0109 e. The second-order valence-corrected chi connectivity index (χ2v) is 2.94. The van der Waals surface area contributed by atoms with Crippen LogP contribution in [0.3, 0.4) is 0 Å². The molecule has 0 N–H and O–H groups in total. The summed E-state index contributed by atoms with van der Waals surface area (Å²) in [5, 5.41) is 0. The fourth-order valence-electron chi connectivity index (χ4n) is 0.511. The molecule has 0 rings (SSSR count). The van der Waals surface area contributed by atoms with Crippen molar-refractivity contribution in [3.05, 3.63) is 36.2 Å². The topological polar surface area (TPSA) is 3.24 Å². The monoisotopic (exact) mass is 151 g/mol. The van der Waals surface area contributed by atoms with E-state index in [2.05, 4.69) is 13.2 Å². The van der Waals surface area contributed by atoms with Gasteiger partial charge in [0.1, 0.15) is 0 Å². The molecule has 0 spiro atoms. The van der Waals surface area contributed by atoms with E-state index in [1.54, 1.807) is 0 Å². The van der Waals surface area contributed by atoms with E-state index in [1.165, 1.54) is 5.57 Å². The lowest BCUT2D eigenvalue weighted by Crippen LogP contribution is -2.07. The highest BCUT2D eigenvalue weighted by Crippen LogP contribution is 2.08. The van der Waals surface area contributed by atoms with E-state index in [4.69, 9.17) is 0 Å². The van der Waals surface area contributed by atoms with Crippen molar-refractivity contribution in [3.63, 3.8) is 0 Å². The molecule has 0 saturated carbocycles. The fraction of sp³-hybridized carbons (Fsp3) is 0.400. The first-order valence-corrected chi connectivity index (χ1v) is 3.67. The molecule has 0 radical (unpaired) electrons. The summed E-state index contributed by atoms with van der Waals surface area (Å²) in [4.78, 5) is 1.99. The van der Waals surface area contributed by atoms with Gasteiger partial charge in [-0.1, -0.05) is 18.7 Å². The molecule has 0 aliphatic rings. The van der Waals surface area contributed by atoms with Crippen molar-refractivity contribution in [1.82, 2.24) is 4.90 Å². The third-order valence-electron chi connectivity index (χ3n) is 1.66. The van der Waals surface area contributed by atoms with Gasteiger partial charge < -0.3 is 4.90 Å². The highest BCUT2D eigenvalue weighted by molar-refractivity contribution is 5.23. The summed E-state index contributed by atoms with van der Waals surface area (Å²) >= 11 is 0. The summed E-state index contributed by atoms with van der Waals surface area (Å²) in [5.74, 6) is 0. The summed E-state index contributed by atoms with van der Waals surface area (Å²) in [5.41, 5.74) is 3.32. The quantitative estimate of drug-likeness (QED) is 0.560. The van der Waals surface area contributed by atoms with Crippen LogP contribution in [0, 0.1) is 0 Å². The van der Waals surface area contributed by atoms with Crippen LogP contribution < -0.4 is 0 Å². The molecule has 0 unspecified atom stereocenters. The van der Waals surface area contributed by atoms with Crippen LogP contribution in [0.25, 0.3) is 0 Å². The summed E-state index contributed by atoms with van der Waals surface area (Å²) in [6.07, 6.45) is 2.03. The van der Waals surface area contributed by atoms with Crippen LogP contribution in [-0.4, -0.2) is 11.9 Å². The van der Waals surface area contributed by atoms with Crippen molar-refractivity contribution in [3.8, 4) is 0 Å². The molecule has 1 heteroatoms. The SMILES string of the molecule is C=C(C)/C(C)=C\N(C)C(=C)C. The van der Waals surface area contributed by atoms with Crippen LogP contribution in [0.4, 0.5) is 0 Å². The lowest BCUT2D eigenvalue weighted by atomic mass is 10.2. The van der Waals surface area contributed by atoms with Gasteiger partial charge in [0, 0.05) is 18.9 Å². The Bertz CT molecular complexity index is 199. The first-order chi connectivity index (χ1) is 4.95. The van der Waals surface area contributed by atoms with E-state index in [1.807, 2.05) is 38.9 Å². The van der Waals surface area contributed by atoms with E-state index in [0.717, 1.165) is 11.3 Å². The molecule has 0 saturated heterocycles. The molecule has 62 valence electrons. The highest BCUT2D eigenvalue weighted by atomic mass is 15.1. The zero-order valence-corrected chi connectivity index (χ0v) is 7.94. The molecule has 0 aromatic rings. The minimum absolute atomic E-state index is 1.03. The molecular formula is C10H17N. The Morgan fingerprint density at radius 3 is 1.91 bits per heavy atom. The standard InChI is InChI=1S/C10H17N/c1-8(2)10(5)7-11(6)9(3)4/h7H,1,3H2,2,4-6H3/b10-7-. The number of rotatable bonds is 3. The number of allylic oxidation sites excluding steroid dienone is 3. The predicted octanol–water partition coefficient (Wildman–Crippen LogP) is 2.93. The Morgan fingerprint density at radius 2 is 1.64 bits per heavy atom. The van der Waals surface area contributed by atoms with Gasteiger partial charge >= 0.3 is 0 Å². The maximum atomic E-state index is 3.84. The lowest BCUT2D eigenvalue weighted by Gasteiger charge is -2.14. The molecule has 0 atom stereocenters. The van der Waals surface area contributed by atoms with Gasteiger partial charge in [0.15, 0.2) is 0 Å². The Hall–Kier alpha value is -0.980. The normalized spacial score (nSPS) is 11.1. The second kappa shape index (κ2) is 4.02. The molecule has 0 heterocycles. The number of hydrogen-bond donors (Lipinski definition) is 0. The van der Waals surface area contributed by atoms with Gasteiger partial charge in [-0.05, 0) is 26.3 Å². The average molecular weight is 151 g/mol. The first kappa shape index (κ1) is 10.0. The molecule has 0 aliphatic heterocycles. The van der Waals surface area contributed by atoms with E-state index in [0.29, 0.717) is 0 Å². The van der Waals surface area contributed by atoms with Crippen LogP contribution in [0.2, 0.25) is 0 Å². The summed E-state index contributed by atoms with van der Waals surface area (Å²) < 4.78 is 0. The fourth-order valence-corrected chi connectivity index (χ4v) is 0.511. The summed E-state index contributed by atoms with van der Waals surface area (Å²) in [6, 6.07) is 0. The first-order valence-electron chi connectivity index (χ1n) is 3.67. The van der Waals surface area contributed by atoms with Crippen molar-refractivity contribution in [2.45, 2.75) is 20.8 Å². The van der Waals surface area contributed by atoms with E-state index in [9.17, 15) is 0 Å². The van der Waals surface area contributed by atoms with Crippen molar-refractivity contribution in [2.24, 2.45) is 0 Å². The molecule has 0 amide bonds. The highest BCUT2D eigenvalue weighted by Gasteiger charge is 1.93. The summed E-state index contributed by atoms with van der Waals surface area (Å²) in [6.45, 7) is 13.7. The van der Waals surface area contributed by atoms with E-state index < -0.39 is 0 Å². The van der Waals surface area contributed by atoms with Gasteiger partial charge in [0.05, 0.1) is 0 Å². The molecule has 11 heavy (non-hydrogen) atoms. The average Bonchev–Trinajstić information content (AvgIpc) is 1.87. The number of nitrogens with zero attached hydrogens (tertiary/aromatic N) is 1. The molecule has 0 aliphatic carbocycles. The minimum atomic E-state index is 1.03. The van der Waals surface area contributed by atoms with Crippen LogP contribution >= 0.6 is 0 Å². The smallest absolute Gasteiger partial charge is 0.0109 e. The Kier molecular flexibility index (Phi) is 3.66. The van der Waals surface area contributed by atoms with Crippen LogP contribution in [0.15, 0.2) is 36.2 Å². The molecule has 0 bridgehead atoms. The Balaban J connectivity index is 4.31. The van der Waals surface area contributed by atoms with Crippen molar-refractivity contribution >= 4 is 0 Å². The second-order valence-electron chi connectivity index (χ2n) is 2.94. The van der Waals surface area contributed by atoms with Gasteiger partial charge in [0.2, 0.25) is 0 Å². The summed E-state index contributed by atoms with van der Waals surface area (Å²) in [7, 11) is 1.98. The van der Waals surface area contributed by atoms with Gasteiger partial charge in [-0.15, -0.1) is 0 Å². The maximum absolute atomic E-state index is 3.84. The predicted molar refractivity (Wildman–Crippen MR) is 51.1 cm³/mol.